The molecule has 140 valence electrons. The molecule has 0 bridgehead atoms. The lowest BCUT2D eigenvalue weighted by atomic mass is 10.2. The minimum Gasteiger partial charge on any atom is -0.339 e. The fourth-order valence-corrected chi connectivity index (χ4v) is 3.28. The number of nitro benzene ring substituents is 1. The van der Waals surface area contributed by atoms with E-state index in [1.165, 1.54) is 42.5 Å². The van der Waals surface area contributed by atoms with E-state index >= 15 is 0 Å². The van der Waals surface area contributed by atoms with Gasteiger partial charge < -0.3 is 4.52 Å². The number of hydrogen-bond acceptors (Lipinski definition) is 7. The number of nitrogens with zero attached hydrogens (tertiary/aromatic N) is 3. The maximum atomic E-state index is 12.9. The molecule has 0 amide bonds. The average Bonchev–Trinajstić information content (AvgIpc) is 3.11. The highest BCUT2D eigenvalue weighted by Gasteiger charge is 2.18. The van der Waals surface area contributed by atoms with Gasteiger partial charge in [0.25, 0.3) is 5.69 Å². The Balaban J connectivity index is 1.63. The molecule has 0 atom stereocenters. The lowest BCUT2D eigenvalue weighted by Crippen LogP contribution is -2.26. The molecule has 0 aliphatic carbocycles. The van der Waals surface area contributed by atoms with Gasteiger partial charge in [0.1, 0.15) is 5.82 Å². The third kappa shape index (κ3) is 4.51. The first-order valence-corrected chi connectivity index (χ1v) is 9.16. The predicted octanol–water partition coefficient (Wildman–Crippen LogP) is 2.30. The van der Waals surface area contributed by atoms with Crippen LogP contribution in [0.15, 0.2) is 57.9 Å². The van der Waals surface area contributed by atoms with Crippen LogP contribution in [0.1, 0.15) is 5.89 Å². The van der Waals surface area contributed by atoms with Crippen molar-refractivity contribution in [1.29, 1.82) is 0 Å². The molecule has 1 heterocycles. The summed E-state index contributed by atoms with van der Waals surface area (Å²) in [6.07, 6.45) is 0.113. The lowest BCUT2D eigenvalue weighted by Gasteiger charge is -2.05. The zero-order chi connectivity index (χ0) is 19.4. The number of benzene rings is 2. The van der Waals surface area contributed by atoms with Gasteiger partial charge in [-0.25, -0.2) is 17.5 Å². The summed E-state index contributed by atoms with van der Waals surface area (Å²) in [4.78, 5) is 14.0. The van der Waals surface area contributed by atoms with Crippen LogP contribution in [0.25, 0.3) is 11.4 Å². The minimum absolute atomic E-state index is 0.0456. The van der Waals surface area contributed by atoms with Crippen molar-refractivity contribution in [1.82, 2.24) is 14.9 Å². The molecule has 0 spiro atoms. The quantitative estimate of drug-likeness (QED) is 0.482. The van der Waals surface area contributed by atoms with Gasteiger partial charge in [-0.2, -0.15) is 4.98 Å². The van der Waals surface area contributed by atoms with Gasteiger partial charge in [-0.05, 0) is 30.3 Å². The molecule has 0 aliphatic rings. The average molecular weight is 392 g/mol. The Labute approximate surface area is 153 Å². The molecule has 9 nitrogen and oxygen atoms in total. The Bertz CT molecular complexity index is 1070. The second kappa shape index (κ2) is 7.60. The molecule has 0 saturated carbocycles. The Morgan fingerprint density at radius 1 is 1.19 bits per heavy atom. The first-order valence-electron chi connectivity index (χ1n) is 7.68. The molecule has 2 aromatic carbocycles. The number of hydrogen-bond donors (Lipinski definition) is 1. The smallest absolute Gasteiger partial charge is 0.270 e. The van der Waals surface area contributed by atoms with Crippen molar-refractivity contribution in [2.24, 2.45) is 0 Å². The molecular weight excluding hydrogens is 379 g/mol. The van der Waals surface area contributed by atoms with Crippen molar-refractivity contribution >= 4 is 15.7 Å². The molecule has 3 aromatic rings. The number of nitrogens with one attached hydrogen (secondary N) is 1. The molecular formula is C16H13FN4O5S. The Kier molecular flexibility index (Phi) is 5.23. The van der Waals surface area contributed by atoms with Gasteiger partial charge in [0.2, 0.25) is 21.7 Å². The molecule has 0 aliphatic heterocycles. The van der Waals surface area contributed by atoms with Crippen LogP contribution < -0.4 is 4.72 Å². The number of non-ortho nitro benzene ring substituents is 1. The minimum atomic E-state index is -3.92. The zero-order valence-corrected chi connectivity index (χ0v) is 14.5. The van der Waals surface area contributed by atoms with Gasteiger partial charge in [0.05, 0.1) is 9.82 Å². The fourth-order valence-electron chi connectivity index (χ4n) is 2.21. The summed E-state index contributed by atoms with van der Waals surface area (Å²) in [5.41, 5.74) is 0.238. The summed E-state index contributed by atoms with van der Waals surface area (Å²) in [6, 6.07) is 10.2. The molecule has 1 aromatic heterocycles. The maximum absolute atomic E-state index is 12.9. The van der Waals surface area contributed by atoms with E-state index in [2.05, 4.69) is 14.9 Å². The van der Waals surface area contributed by atoms with E-state index in [1.54, 1.807) is 0 Å². The molecule has 1 N–H and O–H groups in total. The van der Waals surface area contributed by atoms with Gasteiger partial charge in [-0.15, -0.1) is 0 Å². The Hall–Kier alpha value is -3.18. The number of rotatable bonds is 7. The highest BCUT2D eigenvalue weighted by Crippen LogP contribution is 2.18. The third-order valence-corrected chi connectivity index (χ3v) is 5.00. The summed E-state index contributed by atoms with van der Waals surface area (Å²) in [5.74, 6) is 0.0561. The van der Waals surface area contributed by atoms with Gasteiger partial charge in [0, 0.05) is 30.7 Å². The van der Waals surface area contributed by atoms with E-state index in [4.69, 9.17) is 4.52 Å². The summed E-state index contributed by atoms with van der Waals surface area (Å²) in [7, 11) is -3.92. The summed E-state index contributed by atoms with van der Waals surface area (Å²) in [5, 5.41) is 14.5. The molecule has 0 unspecified atom stereocenters. The number of nitro groups is 1. The number of aromatic nitrogens is 2. The van der Waals surface area contributed by atoms with Crippen LogP contribution >= 0.6 is 0 Å². The third-order valence-electron chi connectivity index (χ3n) is 3.54. The van der Waals surface area contributed by atoms with E-state index in [9.17, 15) is 22.9 Å². The molecule has 0 fully saturated rings. The van der Waals surface area contributed by atoms with Crippen LogP contribution in [-0.2, 0) is 16.4 Å². The first kappa shape index (κ1) is 18.6. The van der Waals surface area contributed by atoms with Crippen molar-refractivity contribution in [3.05, 3.63) is 70.4 Å². The maximum Gasteiger partial charge on any atom is 0.270 e. The SMILES string of the molecule is O=[N+]([O-])c1cccc(S(=O)(=O)NCCc2nc(-c3ccc(F)cc3)no2)c1. The second-order valence-electron chi connectivity index (χ2n) is 5.42. The standard InChI is InChI=1S/C16H13FN4O5S/c17-12-6-4-11(5-7-12)16-19-15(26-20-16)8-9-18-27(24,25)14-3-1-2-13(10-14)21(22)23/h1-7,10,18H,8-9H2. The zero-order valence-electron chi connectivity index (χ0n) is 13.7. The van der Waals surface area contributed by atoms with Crippen molar-refractivity contribution in [2.45, 2.75) is 11.3 Å². The fraction of sp³-hybridized carbons (Fsp3) is 0.125. The monoisotopic (exact) mass is 392 g/mol. The first-order chi connectivity index (χ1) is 12.8. The number of halogens is 1. The largest absolute Gasteiger partial charge is 0.339 e. The topological polar surface area (TPSA) is 128 Å². The summed E-state index contributed by atoms with van der Waals surface area (Å²) >= 11 is 0. The van der Waals surface area contributed by atoms with Crippen LogP contribution in [0.4, 0.5) is 10.1 Å². The van der Waals surface area contributed by atoms with Gasteiger partial charge in [0.15, 0.2) is 0 Å². The van der Waals surface area contributed by atoms with Crippen molar-refractivity contribution in [3.8, 4) is 11.4 Å². The highest BCUT2D eigenvalue weighted by molar-refractivity contribution is 7.89. The summed E-state index contributed by atoms with van der Waals surface area (Å²) in [6.45, 7) is -0.0456. The summed E-state index contributed by atoms with van der Waals surface area (Å²) < 4.78 is 44.7. The van der Waals surface area contributed by atoms with Crippen LogP contribution in [-0.4, -0.2) is 30.0 Å². The Morgan fingerprint density at radius 3 is 2.63 bits per heavy atom. The molecule has 0 saturated heterocycles. The van der Waals surface area contributed by atoms with Crippen molar-refractivity contribution in [2.75, 3.05) is 6.54 Å². The van der Waals surface area contributed by atoms with Gasteiger partial charge in [-0.3, -0.25) is 10.1 Å². The van der Waals surface area contributed by atoms with E-state index in [0.29, 0.717) is 5.56 Å². The number of sulfonamides is 1. The molecule has 3 rings (SSSR count). The van der Waals surface area contributed by atoms with Crippen LogP contribution in [0.3, 0.4) is 0 Å². The molecule has 11 heteroatoms. The van der Waals surface area contributed by atoms with E-state index < -0.39 is 20.8 Å². The van der Waals surface area contributed by atoms with Gasteiger partial charge in [-0.1, -0.05) is 11.2 Å². The van der Waals surface area contributed by atoms with Crippen LogP contribution in [0.2, 0.25) is 0 Å². The normalized spacial score (nSPS) is 11.4. The lowest BCUT2D eigenvalue weighted by molar-refractivity contribution is -0.385. The van der Waals surface area contributed by atoms with Gasteiger partial charge >= 0.3 is 0 Å². The molecule has 0 radical (unpaired) electrons. The van der Waals surface area contributed by atoms with Crippen molar-refractivity contribution in [3.63, 3.8) is 0 Å². The van der Waals surface area contributed by atoms with Crippen molar-refractivity contribution < 1.29 is 22.3 Å². The van der Waals surface area contributed by atoms with Crippen LogP contribution in [0, 0.1) is 15.9 Å². The van der Waals surface area contributed by atoms with E-state index in [0.717, 1.165) is 6.07 Å². The van der Waals surface area contributed by atoms with Crippen LogP contribution in [0.5, 0.6) is 0 Å². The molecule has 27 heavy (non-hydrogen) atoms. The predicted molar refractivity (Wildman–Crippen MR) is 91.7 cm³/mol. The highest BCUT2D eigenvalue weighted by atomic mass is 32.2. The Morgan fingerprint density at radius 2 is 1.93 bits per heavy atom. The van der Waals surface area contributed by atoms with E-state index in [1.807, 2.05) is 0 Å². The second-order valence-corrected chi connectivity index (χ2v) is 7.19. The van der Waals surface area contributed by atoms with E-state index in [-0.39, 0.29) is 35.3 Å².